The zero-order chi connectivity index (χ0) is 7.56. The number of hydrogen-bond acceptors (Lipinski definition) is 2. The van der Waals surface area contributed by atoms with E-state index in [0.29, 0.717) is 0 Å². The minimum Gasteiger partial charge on any atom is -0.503 e. The van der Waals surface area contributed by atoms with Crippen molar-refractivity contribution in [1.29, 1.82) is 0 Å². The summed E-state index contributed by atoms with van der Waals surface area (Å²) in [6.07, 6.45) is 1.33. The molecule has 52 valence electrons. The highest BCUT2D eigenvalue weighted by atomic mass is 16.4. The van der Waals surface area contributed by atoms with Crippen molar-refractivity contribution in [3.8, 4) is 5.75 Å². The first-order chi connectivity index (χ1) is 4.70. The molecule has 4 heteroatoms. The lowest BCUT2D eigenvalue weighted by molar-refractivity contribution is -0.584. The molecule has 0 aliphatic heterocycles. The molecule has 1 aromatic rings. The SMILES string of the molecule is O=C(O)[n+]1cccc(O)c1. The largest absolute Gasteiger partial charge is 0.599 e. The molecular formula is C6H6NO3+. The molecule has 0 amide bonds. The fraction of sp³-hybridized carbons (Fsp3) is 0. The highest BCUT2D eigenvalue weighted by Crippen LogP contribution is 1.99. The number of aromatic nitrogens is 1. The van der Waals surface area contributed by atoms with Crippen molar-refractivity contribution >= 4 is 6.09 Å². The van der Waals surface area contributed by atoms with E-state index in [1.54, 1.807) is 0 Å². The summed E-state index contributed by atoms with van der Waals surface area (Å²) in [6.45, 7) is 0. The van der Waals surface area contributed by atoms with Gasteiger partial charge in [0.1, 0.15) is 0 Å². The first kappa shape index (κ1) is 6.54. The third-order valence-electron chi connectivity index (χ3n) is 1.01. The highest BCUT2D eigenvalue weighted by Gasteiger charge is 2.09. The molecule has 2 N–H and O–H groups in total. The zero-order valence-electron chi connectivity index (χ0n) is 5.06. The van der Waals surface area contributed by atoms with Crippen LogP contribution in [0.1, 0.15) is 0 Å². The molecule has 0 fully saturated rings. The van der Waals surface area contributed by atoms with Gasteiger partial charge in [-0.3, -0.25) is 0 Å². The van der Waals surface area contributed by atoms with Crippen LogP contribution < -0.4 is 4.57 Å². The first-order valence-electron chi connectivity index (χ1n) is 2.64. The molecule has 4 nitrogen and oxygen atoms in total. The van der Waals surface area contributed by atoms with Gasteiger partial charge < -0.3 is 10.2 Å². The molecule has 0 aromatic carbocycles. The van der Waals surface area contributed by atoms with Gasteiger partial charge in [-0.15, -0.1) is 0 Å². The van der Waals surface area contributed by atoms with Crippen LogP contribution in [0.15, 0.2) is 24.5 Å². The summed E-state index contributed by atoms with van der Waals surface area (Å²) < 4.78 is 0.870. The molecule has 1 heterocycles. The predicted octanol–water partition coefficient (Wildman–Crippen LogP) is 0.206. The molecule has 0 aliphatic rings. The topological polar surface area (TPSA) is 61.4 Å². The lowest BCUT2D eigenvalue weighted by atomic mass is 10.4. The number of carboxylic acid groups (broad SMARTS) is 1. The average Bonchev–Trinajstić information content (AvgIpc) is 1.88. The van der Waals surface area contributed by atoms with Gasteiger partial charge in [0.2, 0.25) is 6.20 Å². The Bertz CT molecular complexity index is 259. The normalized spacial score (nSPS) is 9.20. The quantitative estimate of drug-likeness (QED) is 0.506. The maximum absolute atomic E-state index is 10.2. The summed E-state index contributed by atoms with van der Waals surface area (Å²) in [5.74, 6) is -0.0649. The van der Waals surface area contributed by atoms with Gasteiger partial charge in [-0.1, -0.05) is 4.57 Å². The molecule has 0 bridgehead atoms. The van der Waals surface area contributed by atoms with Crippen LogP contribution in [0.25, 0.3) is 0 Å². The van der Waals surface area contributed by atoms with Crippen LogP contribution in [-0.2, 0) is 0 Å². The van der Waals surface area contributed by atoms with Gasteiger partial charge in [-0.05, 0) is 6.07 Å². The number of aromatic hydroxyl groups is 1. The highest BCUT2D eigenvalue weighted by molar-refractivity contribution is 5.53. The molecule has 0 unspecified atom stereocenters. The van der Waals surface area contributed by atoms with E-state index in [-0.39, 0.29) is 5.75 Å². The molecule has 0 aliphatic carbocycles. The Labute approximate surface area is 57.0 Å². The number of carbonyl (C=O) groups is 1. The van der Waals surface area contributed by atoms with Crippen LogP contribution in [0.4, 0.5) is 4.79 Å². The van der Waals surface area contributed by atoms with Crippen molar-refractivity contribution in [2.45, 2.75) is 0 Å². The minimum atomic E-state index is -1.11. The van der Waals surface area contributed by atoms with Gasteiger partial charge in [-0.2, -0.15) is 4.79 Å². The van der Waals surface area contributed by atoms with E-state index in [4.69, 9.17) is 10.2 Å². The maximum atomic E-state index is 10.2. The first-order valence-corrected chi connectivity index (χ1v) is 2.64. The Morgan fingerprint density at radius 3 is 2.70 bits per heavy atom. The van der Waals surface area contributed by atoms with E-state index >= 15 is 0 Å². The van der Waals surface area contributed by atoms with Gasteiger partial charge in [0.25, 0.3) is 0 Å². The van der Waals surface area contributed by atoms with E-state index < -0.39 is 6.09 Å². The average molecular weight is 140 g/mol. The molecular weight excluding hydrogens is 134 g/mol. The summed E-state index contributed by atoms with van der Waals surface area (Å²) in [6, 6.07) is 2.85. The van der Waals surface area contributed by atoms with Gasteiger partial charge in [0.05, 0.1) is 0 Å². The van der Waals surface area contributed by atoms with Gasteiger partial charge >= 0.3 is 6.09 Å². The Hall–Kier alpha value is -1.58. The van der Waals surface area contributed by atoms with Crippen LogP contribution in [0.2, 0.25) is 0 Å². The second-order valence-corrected chi connectivity index (χ2v) is 1.75. The van der Waals surface area contributed by atoms with Gasteiger partial charge in [0, 0.05) is 6.07 Å². The van der Waals surface area contributed by atoms with Crippen LogP contribution >= 0.6 is 0 Å². The predicted molar refractivity (Wildman–Crippen MR) is 31.7 cm³/mol. The van der Waals surface area contributed by atoms with Crippen molar-refractivity contribution in [3.63, 3.8) is 0 Å². The smallest absolute Gasteiger partial charge is 0.503 e. The van der Waals surface area contributed by atoms with Crippen LogP contribution in [0, 0.1) is 0 Å². The lowest BCUT2D eigenvalue weighted by Crippen LogP contribution is -2.40. The lowest BCUT2D eigenvalue weighted by Gasteiger charge is -1.86. The van der Waals surface area contributed by atoms with E-state index in [1.165, 1.54) is 18.3 Å². The molecule has 0 spiro atoms. The Morgan fingerprint density at radius 1 is 1.60 bits per heavy atom. The zero-order valence-corrected chi connectivity index (χ0v) is 5.06. The van der Waals surface area contributed by atoms with Crippen molar-refractivity contribution in [2.75, 3.05) is 0 Å². The number of rotatable bonds is 0. The molecule has 0 saturated carbocycles. The number of hydrogen-bond donors (Lipinski definition) is 2. The Balaban J connectivity index is 3.07. The van der Waals surface area contributed by atoms with Crippen molar-refractivity contribution in [1.82, 2.24) is 0 Å². The minimum absolute atomic E-state index is 0.0649. The molecule has 0 atom stereocenters. The molecule has 10 heavy (non-hydrogen) atoms. The standard InChI is InChI=1S/C6H5NO3/c8-5-2-1-3-7(4-5)6(9)10/h1-4H,(H-,8,9,10)/p+1. The van der Waals surface area contributed by atoms with Crippen LogP contribution in [-0.4, -0.2) is 16.3 Å². The summed E-state index contributed by atoms with van der Waals surface area (Å²) in [7, 11) is 0. The van der Waals surface area contributed by atoms with Gasteiger partial charge in [-0.25, -0.2) is 0 Å². The van der Waals surface area contributed by atoms with E-state index in [2.05, 4.69) is 0 Å². The summed E-state index contributed by atoms with van der Waals surface area (Å²) >= 11 is 0. The van der Waals surface area contributed by atoms with Crippen LogP contribution in [0.3, 0.4) is 0 Å². The number of nitrogens with zero attached hydrogens (tertiary/aromatic N) is 1. The monoisotopic (exact) mass is 140 g/mol. The second kappa shape index (κ2) is 2.34. The van der Waals surface area contributed by atoms with E-state index in [0.717, 1.165) is 10.8 Å². The van der Waals surface area contributed by atoms with E-state index in [9.17, 15) is 4.79 Å². The second-order valence-electron chi connectivity index (χ2n) is 1.75. The van der Waals surface area contributed by atoms with E-state index in [1.807, 2.05) is 0 Å². The van der Waals surface area contributed by atoms with Crippen LogP contribution in [0.5, 0.6) is 5.75 Å². The Morgan fingerprint density at radius 2 is 2.30 bits per heavy atom. The molecule has 1 rings (SSSR count). The summed E-state index contributed by atoms with van der Waals surface area (Å²) in [4.78, 5) is 10.2. The van der Waals surface area contributed by atoms with Gasteiger partial charge in [0.15, 0.2) is 11.9 Å². The third-order valence-corrected chi connectivity index (χ3v) is 1.01. The molecule has 1 aromatic heterocycles. The molecule has 0 saturated heterocycles. The fourth-order valence-electron chi connectivity index (χ4n) is 0.582. The van der Waals surface area contributed by atoms with Crippen molar-refractivity contribution in [2.24, 2.45) is 0 Å². The third kappa shape index (κ3) is 1.22. The fourth-order valence-corrected chi connectivity index (χ4v) is 0.582. The van der Waals surface area contributed by atoms with Crippen molar-refractivity contribution in [3.05, 3.63) is 24.5 Å². The van der Waals surface area contributed by atoms with Crippen molar-refractivity contribution < 1.29 is 19.6 Å². The molecule has 0 radical (unpaired) electrons. The summed E-state index contributed by atoms with van der Waals surface area (Å²) in [5.41, 5.74) is 0. The summed E-state index contributed by atoms with van der Waals surface area (Å²) in [5, 5.41) is 17.1. The Kier molecular flexibility index (Phi) is 1.53. The number of pyridine rings is 1. The maximum Gasteiger partial charge on any atom is 0.599 e.